The third-order valence-electron chi connectivity index (χ3n) is 3.40. The van der Waals surface area contributed by atoms with Crippen LogP contribution < -0.4 is 10.1 Å². The third kappa shape index (κ3) is 7.14. The van der Waals surface area contributed by atoms with Crippen LogP contribution in [0.2, 0.25) is 5.02 Å². The van der Waals surface area contributed by atoms with Gasteiger partial charge in [0, 0.05) is 19.1 Å². The fourth-order valence-corrected chi connectivity index (χ4v) is 2.27. The van der Waals surface area contributed by atoms with Gasteiger partial charge in [-0.25, -0.2) is 0 Å². The number of halogens is 1. The quantitative estimate of drug-likeness (QED) is 0.696. The Labute approximate surface area is 133 Å². The van der Waals surface area contributed by atoms with Crippen LogP contribution in [0, 0.1) is 0 Å². The van der Waals surface area contributed by atoms with E-state index >= 15 is 0 Å². The van der Waals surface area contributed by atoms with Crippen molar-refractivity contribution in [1.29, 1.82) is 0 Å². The van der Waals surface area contributed by atoms with Crippen LogP contribution in [0.5, 0.6) is 5.75 Å². The summed E-state index contributed by atoms with van der Waals surface area (Å²) in [6, 6.07) is 7.61. The Balaban J connectivity index is 2.25. The van der Waals surface area contributed by atoms with Gasteiger partial charge < -0.3 is 20.1 Å². The molecule has 0 aliphatic heterocycles. The maximum Gasteiger partial charge on any atom is 0.138 e. The number of nitrogens with zero attached hydrogens (tertiary/aromatic N) is 1. The van der Waals surface area contributed by atoms with Crippen LogP contribution in [-0.4, -0.2) is 54.9 Å². The Morgan fingerprint density at radius 1 is 1.29 bits per heavy atom. The first-order valence-corrected chi connectivity index (χ1v) is 7.95. The van der Waals surface area contributed by atoms with Gasteiger partial charge in [-0.3, -0.25) is 0 Å². The van der Waals surface area contributed by atoms with Crippen molar-refractivity contribution >= 4 is 11.6 Å². The largest absolute Gasteiger partial charge is 0.489 e. The minimum absolute atomic E-state index is 0.231. The van der Waals surface area contributed by atoms with E-state index in [1.54, 1.807) is 12.1 Å². The van der Waals surface area contributed by atoms with Gasteiger partial charge in [0.1, 0.15) is 18.5 Å². The minimum Gasteiger partial charge on any atom is -0.489 e. The Morgan fingerprint density at radius 2 is 1.95 bits per heavy atom. The molecule has 21 heavy (non-hydrogen) atoms. The van der Waals surface area contributed by atoms with Gasteiger partial charge in [-0.2, -0.15) is 0 Å². The summed E-state index contributed by atoms with van der Waals surface area (Å²) in [5.74, 6) is 0.606. The van der Waals surface area contributed by atoms with Crippen LogP contribution in [0.25, 0.3) is 0 Å². The first kappa shape index (κ1) is 18.2. The highest BCUT2D eigenvalue weighted by molar-refractivity contribution is 6.32. The molecule has 120 valence electrons. The number of aliphatic hydroxyl groups is 1. The molecule has 0 fully saturated rings. The maximum absolute atomic E-state index is 9.95. The van der Waals surface area contributed by atoms with Crippen molar-refractivity contribution in [2.45, 2.75) is 32.9 Å². The molecule has 2 atom stereocenters. The lowest BCUT2D eigenvalue weighted by Gasteiger charge is -2.24. The highest BCUT2D eigenvalue weighted by atomic mass is 35.5. The van der Waals surface area contributed by atoms with E-state index < -0.39 is 6.10 Å². The van der Waals surface area contributed by atoms with E-state index in [1.165, 1.54) is 0 Å². The number of hydrogen-bond acceptors (Lipinski definition) is 4. The van der Waals surface area contributed by atoms with Crippen molar-refractivity contribution in [2.24, 2.45) is 0 Å². The predicted octanol–water partition coefficient (Wildman–Crippen LogP) is 2.40. The topological polar surface area (TPSA) is 44.7 Å². The highest BCUT2D eigenvalue weighted by Gasteiger charge is 2.11. The normalized spacial score (nSPS) is 14.2. The number of rotatable bonds is 10. The molecule has 0 aliphatic carbocycles. The molecule has 1 aromatic rings. The molecule has 2 N–H and O–H groups in total. The molecule has 0 heterocycles. The Hall–Kier alpha value is -0.810. The lowest BCUT2D eigenvalue weighted by molar-refractivity contribution is 0.102. The summed E-state index contributed by atoms with van der Waals surface area (Å²) >= 11 is 6.00. The third-order valence-corrected chi connectivity index (χ3v) is 3.71. The maximum atomic E-state index is 9.95. The molecule has 0 aromatic heterocycles. The first-order chi connectivity index (χ1) is 10.1. The van der Waals surface area contributed by atoms with E-state index in [9.17, 15) is 5.11 Å². The summed E-state index contributed by atoms with van der Waals surface area (Å²) in [6.07, 6.45) is -0.555. The van der Waals surface area contributed by atoms with Crippen LogP contribution in [0.15, 0.2) is 24.3 Å². The second-order valence-corrected chi connectivity index (χ2v) is 5.60. The zero-order valence-electron chi connectivity index (χ0n) is 13.2. The van der Waals surface area contributed by atoms with Gasteiger partial charge in [-0.15, -0.1) is 0 Å². The van der Waals surface area contributed by atoms with Crippen molar-refractivity contribution in [3.8, 4) is 5.75 Å². The molecule has 1 rings (SSSR count). The molecule has 0 saturated heterocycles. The highest BCUT2D eigenvalue weighted by Crippen LogP contribution is 2.22. The lowest BCUT2D eigenvalue weighted by atomic mass is 10.2. The van der Waals surface area contributed by atoms with Crippen molar-refractivity contribution in [3.63, 3.8) is 0 Å². The molecule has 0 radical (unpaired) electrons. The average Bonchev–Trinajstić information content (AvgIpc) is 2.49. The molecule has 2 unspecified atom stereocenters. The monoisotopic (exact) mass is 314 g/mol. The number of aliphatic hydroxyl groups excluding tert-OH is 1. The summed E-state index contributed by atoms with van der Waals surface area (Å²) < 4.78 is 5.52. The number of hydrogen-bond donors (Lipinski definition) is 2. The Morgan fingerprint density at radius 3 is 2.57 bits per heavy atom. The van der Waals surface area contributed by atoms with E-state index in [4.69, 9.17) is 16.3 Å². The fourth-order valence-electron chi connectivity index (χ4n) is 2.08. The Kier molecular flexibility index (Phi) is 8.69. The number of benzene rings is 1. The number of likely N-dealkylation sites (N-methyl/N-ethyl adjacent to an activating group) is 1. The molecule has 0 saturated carbocycles. The zero-order valence-corrected chi connectivity index (χ0v) is 13.9. The molecule has 0 amide bonds. The van der Waals surface area contributed by atoms with Gasteiger partial charge in [0.05, 0.1) is 5.02 Å². The van der Waals surface area contributed by atoms with Crippen LogP contribution in [0.3, 0.4) is 0 Å². The molecular weight excluding hydrogens is 288 g/mol. The molecule has 1 aromatic carbocycles. The number of nitrogens with one attached hydrogen (secondary N) is 1. The molecule has 0 spiro atoms. The smallest absolute Gasteiger partial charge is 0.138 e. The molecule has 0 bridgehead atoms. The van der Waals surface area contributed by atoms with Crippen molar-refractivity contribution in [2.75, 3.05) is 32.8 Å². The summed E-state index contributed by atoms with van der Waals surface area (Å²) in [7, 11) is 0. The van der Waals surface area contributed by atoms with E-state index in [-0.39, 0.29) is 6.61 Å². The van der Waals surface area contributed by atoms with Gasteiger partial charge in [0.2, 0.25) is 0 Å². The molecule has 5 heteroatoms. The standard InChI is InChI=1S/C16H27ClN2O2/c1-4-19(5-2)11-13(3)18-10-14(20)12-21-16-9-7-6-8-15(16)17/h6-9,13-14,18,20H,4-5,10-12H2,1-3H3. The van der Waals surface area contributed by atoms with Gasteiger partial charge in [0.25, 0.3) is 0 Å². The molecule has 4 nitrogen and oxygen atoms in total. The van der Waals surface area contributed by atoms with E-state index in [1.807, 2.05) is 12.1 Å². The van der Waals surface area contributed by atoms with Gasteiger partial charge in [-0.05, 0) is 32.1 Å². The predicted molar refractivity (Wildman–Crippen MR) is 88.2 cm³/mol. The summed E-state index contributed by atoms with van der Waals surface area (Å²) in [5.41, 5.74) is 0. The van der Waals surface area contributed by atoms with E-state index in [2.05, 4.69) is 31.0 Å². The van der Waals surface area contributed by atoms with Gasteiger partial charge in [-0.1, -0.05) is 37.6 Å². The van der Waals surface area contributed by atoms with Crippen LogP contribution in [-0.2, 0) is 0 Å². The van der Waals surface area contributed by atoms with Crippen molar-refractivity contribution in [3.05, 3.63) is 29.3 Å². The lowest BCUT2D eigenvalue weighted by Crippen LogP contribution is -2.43. The average molecular weight is 315 g/mol. The Bertz CT molecular complexity index is 400. The fraction of sp³-hybridized carbons (Fsp3) is 0.625. The second-order valence-electron chi connectivity index (χ2n) is 5.19. The minimum atomic E-state index is -0.555. The SMILES string of the molecule is CCN(CC)CC(C)NCC(O)COc1ccccc1Cl. The summed E-state index contributed by atoms with van der Waals surface area (Å²) in [4.78, 5) is 2.35. The number of para-hydroxylation sites is 1. The number of ether oxygens (including phenoxy) is 1. The molecule has 0 aliphatic rings. The van der Waals surface area contributed by atoms with Gasteiger partial charge in [0.15, 0.2) is 0 Å². The van der Waals surface area contributed by atoms with Crippen molar-refractivity contribution in [1.82, 2.24) is 10.2 Å². The van der Waals surface area contributed by atoms with Gasteiger partial charge >= 0.3 is 0 Å². The van der Waals surface area contributed by atoms with Crippen LogP contribution in [0.1, 0.15) is 20.8 Å². The zero-order chi connectivity index (χ0) is 15.7. The summed E-state index contributed by atoms with van der Waals surface area (Å²) in [6.45, 7) is 10.2. The van der Waals surface area contributed by atoms with E-state index in [0.29, 0.717) is 23.4 Å². The second kappa shape index (κ2) is 10.0. The van der Waals surface area contributed by atoms with Crippen LogP contribution >= 0.6 is 11.6 Å². The summed E-state index contributed by atoms with van der Waals surface area (Å²) in [5, 5.41) is 13.8. The van der Waals surface area contributed by atoms with Crippen molar-refractivity contribution < 1.29 is 9.84 Å². The molecular formula is C16H27ClN2O2. The van der Waals surface area contributed by atoms with E-state index in [0.717, 1.165) is 19.6 Å². The first-order valence-electron chi connectivity index (χ1n) is 7.57. The van der Waals surface area contributed by atoms with Crippen LogP contribution in [0.4, 0.5) is 0 Å².